The van der Waals surface area contributed by atoms with E-state index < -0.39 is 18.2 Å². The number of rotatable bonds is 45. The lowest BCUT2D eigenvalue weighted by atomic mass is 10.0. The fourth-order valence-corrected chi connectivity index (χ4v) is 7.76. The topological polar surface area (TPSA) is 95.9 Å². The zero-order valence-electron chi connectivity index (χ0n) is 38.2. The minimum atomic E-state index is -0.786. The van der Waals surface area contributed by atoms with E-state index in [4.69, 9.17) is 4.74 Å². The van der Waals surface area contributed by atoms with Crippen LogP contribution >= 0.6 is 0 Å². The highest BCUT2D eigenvalue weighted by Crippen LogP contribution is 2.18. The van der Waals surface area contributed by atoms with Crippen molar-refractivity contribution >= 4 is 11.9 Å². The number of aliphatic hydroxyl groups is 2. The fourth-order valence-electron chi connectivity index (χ4n) is 7.76. The summed E-state index contributed by atoms with van der Waals surface area (Å²) >= 11 is 0. The molecule has 57 heavy (non-hydrogen) atoms. The van der Waals surface area contributed by atoms with E-state index in [1.165, 1.54) is 141 Å². The summed E-state index contributed by atoms with van der Waals surface area (Å²) in [5.41, 5.74) is 0. The molecule has 3 unspecified atom stereocenters. The number of hydrogen-bond donors (Lipinski definition) is 3. The third kappa shape index (κ3) is 40.9. The van der Waals surface area contributed by atoms with Gasteiger partial charge in [-0.3, -0.25) is 9.59 Å². The number of carbonyl (C=O) groups excluding carboxylic acids is 2. The maximum atomic E-state index is 13.2. The van der Waals surface area contributed by atoms with Crippen LogP contribution in [0.25, 0.3) is 0 Å². The fraction of sp³-hybridized carbons (Fsp3) is 0.882. The molecule has 0 fully saturated rings. The zero-order chi connectivity index (χ0) is 41.7. The molecule has 0 spiro atoms. The van der Waals surface area contributed by atoms with Crippen molar-refractivity contribution in [2.24, 2.45) is 0 Å². The summed E-state index contributed by atoms with van der Waals surface area (Å²) in [6.45, 7) is 6.37. The van der Waals surface area contributed by atoms with Gasteiger partial charge in [0.05, 0.1) is 25.2 Å². The molecule has 0 aliphatic heterocycles. The number of esters is 1. The molecular weight excluding hydrogens is 707 g/mol. The third-order valence-corrected chi connectivity index (χ3v) is 11.5. The molecule has 0 aliphatic carbocycles. The van der Waals surface area contributed by atoms with E-state index in [0.29, 0.717) is 19.3 Å². The Hall–Kier alpha value is -1.66. The Kier molecular flexibility index (Phi) is 44.1. The summed E-state index contributed by atoms with van der Waals surface area (Å²) < 4.78 is 5.92. The van der Waals surface area contributed by atoms with Gasteiger partial charge in [0.2, 0.25) is 5.91 Å². The molecule has 0 aliphatic rings. The maximum Gasteiger partial charge on any atom is 0.306 e. The van der Waals surface area contributed by atoms with Crippen LogP contribution in [0.5, 0.6) is 0 Å². The van der Waals surface area contributed by atoms with Gasteiger partial charge in [-0.2, -0.15) is 0 Å². The smallest absolute Gasteiger partial charge is 0.306 e. The molecule has 0 heterocycles. The van der Waals surface area contributed by atoms with Gasteiger partial charge in [0.25, 0.3) is 0 Å². The lowest BCUT2D eigenvalue weighted by Gasteiger charge is -2.24. The third-order valence-electron chi connectivity index (χ3n) is 11.5. The molecule has 3 N–H and O–H groups in total. The van der Waals surface area contributed by atoms with Crippen molar-refractivity contribution < 1.29 is 24.5 Å². The molecule has 0 saturated heterocycles. The molecule has 0 radical (unpaired) electrons. The highest BCUT2D eigenvalue weighted by Gasteiger charge is 2.24. The van der Waals surface area contributed by atoms with Crippen LogP contribution in [-0.2, 0) is 14.3 Å². The van der Waals surface area contributed by atoms with Crippen molar-refractivity contribution in [2.45, 2.75) is 283 Å². The molecule has 6 nitrogen and oxygen atoms in total. The van der Waals surface area contributed by atoms with Crippen LogP contribution in [0.4, 0.5) is 0 Å². The normalized spacial score (nSPS) is 13.4. The monoisotopic (exact) mass is 804 g/mol. The first-order valence-corrected chi connectivity index (χ1v) is 25.1. The highest BCUT2D eigenvalue weighted by atomic mass is 16.5. The quantitative estimate of drug-likeness (QED) is 0.0324. The van der Waals surface area contributed by atoms with Gasteiger partial charge in [-0.1, -0.05) is 225 Å². The van der Waals surface area contributed by atoms with Crippen molar-refractivity contribution in [3.63, 3.8) is 0 Å². The second-order valence-electron chi connectivity index (χ2n) is 17.2. The summed E-state index contributed by atoms with van der Waals surface area (Å²) in [5, 5.41) is 23.7. The molecule has 3 atom stereocenters. The van der Waals surface area contributed by atoms with Crippen LogP contribution in [0.3, 0.4) is 0 Å². The first-order valence-electron chi connectivity index (χ1n) is 25.1. The molecule has 6 heteroatoms. The van der Waals surface area contributed by atoms with Gasteiger partial charge in [0.1, 0.15) is 6.10 Å². The van der Waals surface area contributed by atoms with Crippen molar-refractivity contribution in [3.05, 3.63) is 24.3 Å². The molecule has 336 valence electrons. The van der Waals surface area contributed by atoms with Gasteiger partial charge in [-0.05, 0) is 51.4 Å². The van der Waals surface area contributed by atoms with E-state index >= 15 is 0 Å². The number of hydrogen-bond acceptors (Lipinski definition) is 5. The number of carbonyl (C=O) groups is 2. The minimum Gasteiger partial charge on any atom is -0.462 e. The van der Waals surface area contributed by atoms with Gasteiger partial charge in [-0.25, -0.2) is 0 Å². The maximum absolute atomic E-state index is 13.2. The first kappa shape index (κ1) is 55.3. The zero-order valence-corrected chi connectivity index (χ0v) is 38.2. The van der Waals surface area contributed by atoms with Crippen LogP contribution in [0.2, 0.25) is 0 Å². The van der Waals surface area contributed by atoms with Gasteiger partial charge in [0, 0.05) is 6.42 Å². The molecule has 0 saturated carbocycles. The number of unbranched alkanes of at least 4 members (excludes halogenated alkanes) is 29. The molecular formula is C51H97NO5. The number of nitrogens with one attached hydrogen (secondary N) is 1. The lowest BCUT2D eigenvalue weighted by Crippen LogP contribution is -2.46. The van der Waals surface area contributed by atoms with Crippen LogP contribution in [0, 0.1) is 0 Å². The number of allylic oxidation sites excluding steroid dienone is 4. The predicted molar refractivity (Wildman–Crippen MR) is 246 cm³/mol. The molecule has 0 aromatic heterocycles. The predicted octanol–water partition coefficient (Wildman–Crippen LogP) is 14.7. The van der Waals surface area contributed by atoms with Gasteiger partial charge in [0.15, 0.2) is 0 Å². The van der Waals surface area contributed by atoms with Crippen molar-refractivity contribution in [3.8, 4) is 0 Å². The standard InChI is InChI=1S/C51H97NO5/c1-4-7-10-13-16-19-22-24-25-26-27-29-32-35-38-41-44-51(56)57-47(42-39-36-33-30-28-23-20-17-14-11-8-5-2)45-50(55)52-48(46-53)49(54)43-40-37-34-31-21-18-15-12-9-6-3/h8,11,17,20,47-49,53-54H,4-7,9-10,12-16,18-19,21-46H2,1-3H3,(H,52,55)/b11-8+,20-17+. The first-order chi connectivity index (χ1) is 28.0. The van der Waals surface area contributed by atoms with Crippen LogP contribution in [-0.4, -0.2) is 46.9 Å². The van der Waals surface area contributed by atoms with Gasteiger partial charge in [-0.15, -0.1) is 0 Å². The number of amides is 1. The Morgan fingerprint density at radius 1 is 0.526 bits per heavy atom. The van der Waals surface area contributed by atoms with Crippen LogP contribution in [0.1, 0.15) is 265 Å². The van der Waals surface area contributed by atoms with E-state index in [1.807, 2.05) is 0 Å². The summed E-state index contributed by atoms with van der Waals surface area (Å²) in [4.78, 5) is 26.1. The highest BCUT2D eigenvalue weighted by molar-refractivity contribution is 5.77. The number of aliphatic hydroxyl groups excluding tert-OH is 2. The Morgan fingerprint density at radius 2 is 0.947 bits per heavy atom. The molecule has 0 bridgehead atoms. The van der Waals surface area contributed by atoms with Crippen molar-refractivity contribution in [1.82, 2.24) is 5.32 Å². The molecule has 0 aromatic rings. The molecule has 0 rings (SSSR count). The Bertz CT molecular complexity index is 904. The Labute approximate surface area is 354 Å². The number of ether oxygens (including phenoxy) is 1. The summed E-state index contributed by atoms with van der Waals surface area (Å²) in [7, 11) is 0. The van der Waals surface area contributed by atoms with Crippen molar-refractivity contribution in [2.75, 3.05) is 6.61 Å². The SMILES string of the molecule is CC/C=C/C/C=C/CCCCCCCC(CC(=O)NC(CO)C(O)CCCCCCCCCCCC)OC(=O)CCCCCCCCCCCCCCCCCC. The molecule has 0 aromatic carbocycles. The van der Waals surface area contributed by atoms with Gasteiger partial charge < -0.3 is 20.3 Å². The van der Waals surface area contributed by atoms with E-state index in [1.54, 1.807) is 0 Å². The van der Waals surface area contributed by atoms with E-state index in [-0.39, 0.29) is 24.9 Å². The summed E-state index contributed by atoms with van der Waals surface area (Å²) in [6, 6.07) is -0.700. The molecule has 1 amide bonds. The minimum absolute atomic E-state index is 0.0729. The van der Waals surface area contributed by atoms with Crippen LogP contribution < -0.4 is 5.32 Å². The Morgan fingerprint density at radius 3 is 1.42 bits per heavy atom. The van der Waals surface area contributed by atoms with E-state index in [0.717, 1.165) is 77.0 Å². The average Bonchev–Trinajstić information content (AvgIpc) is 3.20. The van der Waals surface area contributed by atoms with Crippen molar-refractivity contribution in [1.29, 1.82) is 0 Å². The van der Waals surface area contributed by atoms with E-state index in [2.05, 4.69) is 50.4 Å². The largest absolute Gasteiger partial charge is 0.462 e. The average molecular weight is 804 g/mol. The van der Waals surface area contributed by atoms with Gasteiger partial charge >= 0.3 is 5.97 Å². The summed E-state index contributed by atoms with van der Waals surface area (Å²) in [6.07, 6.45) is 51.0. The van der Waals surface area contributed by atoms with Crippen LogP contribution in [0.15, 0.2) is 24.3 Å². The van der Waals surface area contributed by atoms with E-state index in [9.17, 15) is 19.8 Å². The Balaban J connectivity index is 4.52. The summed E-state index contributed by atoms with van der Waals surface area (Å²) in [5.74, 6) is -0.476. The second kappa shape index (κ2) is 45.4. The lowest BCUT2D eigenvalue weighted by molar-refractivity contribution is -0.151. The second-order valence-corrected chi connectivity index (χ2v) is 17.2.